The van der Waals surface area contributed by atoms with Gasteiger partial charge in [-0.3, -0.25) is 0 Å². The fraction of sp³-hybridized carbons (Fsp3) is 0.571. The summed E-state index contributed by atoms with van der Waals surface area (Å²) in [6.07, 6.45) is 3.73. The first kappa shape index (κ1) is 11.5. The number of nitrogens with two attached hydrogens (primary N) is 1. The lowest BCUT2D eigenvalue weighted by atomic mass is 9.87. The molecular formula is C14H22N2. The molecule has 1 aromatic carbocycles. The number of hydrogen-bond donors (Lipinski definition) is 2. The van der Waals surface area contributed by atoms with Gasteiger partial charge >= 0.3 is 0 Å². The highest BCUT2D eigenvalue weighted by molar-refractivity contribution is 5.46. The van der Waals surface area contributed by atoms with E-state index >= 15 is 0 Å². The van der Waals surface area contributed by atoms with Crippen molar-refractivity contribution in [3.63, 3.8) is 0 Å². The highest BCUT2D eigenvalue weighted by atomic mass is 14.9. The van der Waals surface area contributed by atoms with E-state index in [4.69, 9.17) is 5.73 Å². The Morgan fingerprint density at radius 1 is 1.44 bits per heavy atom. The van der Waals surface area contributed by atoms with Crippen molar-refractivity contribution in [2.75, 3.05) is 12.3 Å². The van der Waals surface area contributed by atoms with Crippen molar-refractivity contribution in [1.82, 2.24) is 5.32 Å². The van der Waals surface area contributed by atoms with Crippen LogP contribution in [-0.4, -0.2) is 6.54 Å². The first-order valence-electron chi connectivity index (χ1n) is 6.28. The molecule has 0 saturated heterocycles. The normalized spacial score (nSPS) is 19.8. The number of aryl methyl sites for hydroxylation is 1. The molecule has 0 heterocycles. The van der Waals surface area contributed by atoms with Gasteiger partial charge in [0.25, 0.3) is 0 Å². The largest absolute Gasteiger partial charge is 0.399 e. The molecule has 2 rings (SSSR count). The molecule has 0 saturated carbocycles. The second kappa shape index (κ2) is 4.88. The maximum atomic E-state index is 5.87. The zero-order valence-electron chi connectivity index (χ0n) is 10.3. The molecule has 0 spiro atoms. The molecule has 0 aliphatic heterocycles. The molecule has 16 heavy (non-hydrogen) atoms. The number of nitrogens with one attached hydrogen (secondary N) is 1. The third-order valence-corrected chi connectivity index (χ3v) is 3.26. The van der Waals surface area contributed by atoms with E-state index in [1.807, 2.05) is 6.07 Å². The molecule has 0 bridgehead atoms. The Labute approximate surface area is 98.2 Å². The summed E-state index contributed by atoms with van der Waals surface area (Å²) in [4.78, 5) is 0. The minimum Gasteiger partial charge on any atom is -0.399 e. The fourth-order valence-electron chi connectivity index (χ4n) is 2.41. The van der Waals surface area contributed by atoms with Crippen LogP contribution >= 0.6 is 0 Å². The van der Waals surface area contributed by atoms with E-state index in [0.717, 1.165) is 12.2 Å². The molecular weight excluding hydrogens is 196 g/mol. The van der Waals surface area contributed by atoms with Gasteiger partial charge < -0.3 is 11.1 Å². The van der Waals surface area contributed by atoms with Crippen LogP contribution in [0.25, 0.3) is 0 Å². The van der Waals surface area contributed by atoms with Crippen LogP contribution in [-0.2, 0) is 6.42 Å². The summed E-state index contributed by atoms with van der Waals surface area (Å²) in [5, 5.41) is 3.65. The second-order valence-electron chi connectivity index (χ2n) is 5.21. The van der Waals surface area contributed by atoms with Crippen molar-refractivity contribution < 1.29 is 0 Å². The van der Waals surface area contributed by atoms with Crippen LogP contribution in [0.4, 0.5) is 5.69 Å². The van der Waals surface area contributed by atoms with Crippen LogP contribution < -0.4 is 11.1 Å². The molecule has 0 radical (unpaired) electrons. The maximum absolute atomic E-state index is 5.87. The monoisotopic (exact) mass is 218 g/mol. The van der Waals surface area contributed by atoms with E-state index in [-0.39, 0.29) is 0 Å². The number of nitrogen functional groups attached to an aromatic ring is 1. The number of anilines is 1. The summed E-state index contributed by atoms with van der Waals surface area (Å²) in [5.74, 6) is 0.700. The van der Waals surface area contributed by atoms with Gasteiger partial charge in [-0.2, -0.15) is 0 Å². The first-order valence-corrected chi connectivity index (χ1v) is 6.28. The topological polar surface area (TPSA) is 38.0 Å². The molecule has 3 N–H and O–H groups in total. The third-order valence-electron chi connectivity index (χ3n) is 3.26. The van der Waals surface area contributed by atoms with Crippen LogP contribution in [0, 0.1) is 5.92 Å². The summed E-state index contributed by atoms with van der Waals surface area (Å²) in [6.45, 7) is 5.57. The number of rotatable bonds is 3. The summed E-state index contributed by atoms with van der Waals surface area (Å²) in [7, 11) is 0. The predicted octanol–water partition coefficient (Wildman–Crippen LogP) is 2.89. The van der Waals surface area contributed by atoms with Crippen LogP contribution in [0.1, 0.15) is 43.9 Å². The summed E-state index contributed by atoms with van der Waals surface area (Å²) in [6, 6.07) is 6.86. The minimum absolute atomic E-state index is 0.509. The van der Waals surface area contributed by atoms with E-state index in [0.29, 0.717) is 12.0 Å². The van der Waals surface area contributed by atoms with E-state index in [1.54, 1.807) is 0 Å². The Hall–Kier alpha value is -1.02. The van der Waals surface area contributed by atoms with Crippen LogP contribution in [0.2, 0.25) is 0 Å². The molecule has 2 nitrogen and oxygen atoms in total. The standard InChI is InChI=1S/C14H22N2/c1-10(2)9-16-14-5-3-4-11-6-7-12(15)8-13(11)14/h6-8,10,14,16H,3-5,9,15H2,1-2H3. The summed E-state index contributed by atoms with van der Waals surface area (Å²) < 4.78 is 0. The Morgan fingerprint density at radius 3 is 3.00 bits per heavy atom. The van der Waals surface area contributed by atoms with Crippen molar-refractivity contribution in [1.29, 1.82) is 0 Å². The van der Waals surface area contributed by atoms with E-state index in [9.17, 15) is 0 Å². The third kappa shape index (κ3) is 2.56. The average Bonchev–Trinajstić information content (AvgIpc) is 2.26. The van der Waals surface area contributed by atoms with Gasteiger partial charge in [0.2, 0.25) is 0 Å². The number of benzene rings is 1. The van der Waals surface area contributed by atoms with E-state index in [2.05, 4.69) is 31.3 Å². The lowest BCUT2D eigenvalue weighted by Crippen LogP contribution is -2.28. The Morgan fingerprint density at radius 2 is 2.25 bits per heavy atom. The smallest absolute Gasteiger partial charge is 0.0323 e. The Balaban J connectivity index is 2.15. The van der Waals surface area contributed by atoms with Gasteiger partial charge in [0.05, 0.1) is 0 Å². The van der Waals surface area contributed by atoms with Gasteiger partial charge in [-0.25, -0.2) is 0 Å². The quantitative estimate of drug-likeness (QED) is 0.766. The lowest BCUT2D eigenvalue weighted by molar-refractivity contribution is 0.427. The van der Waals surface area contributed by atoms with Crippen molar-refractivity contribution in [2.24, 2.45) is 5.92 Å². The number of fused-ring (bicyclic) bond motifs is 1. The van der Waals surface area contributed by atoms with Gasteiger partial charge in [-0.05, 0) is 55.0 Å². The van der Waals surface area contributed by atoms with Gasteiger partial charge in [-0.1, -0.05) is 19.9 Å². The van der Waals surface area contributed by atoms with Gasteiger partial charge in [-0.15, -0.1) is 0 Å². The molecule has 1 atom stereocenters. The molecule has 2 heteroatoms. The molecule has 0 fully saturated rings. The number of hydrogen-bond acceptors (Lipinski definition) is 2. The predicted molar refractivity (Wildman–Crippen MR) is 69.4 cm³/mol. The van der Waals surface area contributed by atoms with Crippen LogP contribution in [0.5, 0.6) is 0 Å². The molecule has 1 aliphatic rings. The molecule has 1 aliphatic carbocycles. The van der Waals surface area contributed by atoms with E-state index < -0.39 is 0 Å². The molecule has 88 valence electrons. The fourth-order valence-corrected chi connectivity index (χ4v) is 2.41. The first-order chi connectivity index (χ1) is 7.66. The van der Waals surface area contributed by atoms with Gasteiger partial charge in [0, 0.05) is 11.7 Å². The van der Waals surface area contributed by atoms with Gasteiger partial charge in [0.1, 0.15) is 0 Å². The Bertz CT molecular complexity index is 358. The zero-order valence-corrected chi connectivity index (χ0v) is 10.3. The van der Waals surface area contributed by atoms with E-state index in [1.165, 1.54) is 30.4 Å². The van der Waals surface area contributed by atoms with Gasteiger partial charge in [0.15, 0.2) is 0 Å². The highest BCUT2D eigenvalue weighted by Crippen LogP contribution is 2.31. The minimum atomic E-state index is 0.509. The Kier molecular flexibility index (Phi) is 3.49. The van der Waals surface area contributed by atoms with Crippen molar-refractivity contribution >= 4 is 5.69 Å². The SMILES string of the molecule is CC(C)CNC1CCCc2ccc(N)cc21. The molecule has 0 aromatic heterocycles. The van der Waals surface area contributed by atoms with Crippen molar-refractivity contribution in [3.8, 4) is 0 Å². The maximum Gasteiger partial charge on any atom is 0.0323 e. The highest BCUT2D eigenvalue weighted by Gasteiger charge is 2.19. The molecule has 0 amide bonds. The summed E-state index contributed by atoms with van der Waals surface area (Å²) >= 11 is 0. The summed E-state index contributed by atoms with van der Waals surface area (Å²) in [5.41, 5.74) is 9.66. The second-order valence-corrected chi connectivity index (χ2v) is 5.21. The van der Waals surface area contributed by atoms with Crippen molar-refractivity contribution in [3.05, 3.63) is 29.3 Å². The zero-order chi connectivity index (χ0) is 11.5. The average molecular weight is 218 g/mol. The van der Waals surface area contributed by atoms with Crippen molar-refractivity contribution in [2.45, 2.75) is 39.2 Å². The van der Waals surface area contributed by atoms with Crippen LogP contribution in [0.15, 0.2) is 18.2 Å². The molecule has 1 unspecified atom stereocenters. The van der Waals surface area contributed by atoms with Crippen LogP contribution in [0.3, 0.4) is 0 Å². The molecule has 1 aromatic rings. The lowest BCUT2D eigenvalue weighted by Gasteiger charge is -2.27.